The van der Waals surface area contributed by atoms with Crippen molar-refractivity contribution in [1.29, 1.82) is 0 Å². The molecule has 2 unspecified atom stereocenters. The van der Waals surface area contributed by atoms with Gasteiger partial charge in [-0.2, -0.15) is 0 Å². The van der Waals surface area contributed by atoms with Gasteiger partial charge in [0.25, 0.3) is 0 Å². The summed E-state index contributed by atoms with van der Waals surface area (Å²) in [6, 6.07) is 15.9. The van der Waals surface area contributed by atoms with Crippen LogP contribution < -0.4 is 5.32 Å². The topological polar surface area (TPSA) is 79.0 Å². The number of amides is 3. The van der Waals surface area contributed by atoms with E-state index in [2.05, 4.69) is 23.5 Å². The van der Waals surface area contributed by atoms with Crippen molar-refractivity contribution in [2.75, 3.05) is 19.6 Å². The molecule has 2 saturated heterocycles. The van der Waals surface area contributed by atoms with Crippen LogP contribution in [0.5, 0.6) is 0 Å². The molecule has 39 heavy (non-hydrogen) atoms. The highest BCUT2D eigenvalue weighted by molar-refractivity contribution is 6.30. The molecule has 2 atom stereocenters. The molecule has 2 aliphatic heterocycles. The SMILES string of the molecule is CC(C)(C)OC(=O)NC1(C(=O)N2CCC(c3ccccc3CN3CCCC3=O)CC2)CC1c1ccc(Cl)cc1. The second-order valence-corrected chi connectivity index (χ2v) is 12.5. The maximum Gasteiger partial charge on any atom is 0.408 e. The van der Waals surface area contributed by atoms with Gasteiger partial charge < -0.3 is 19.9 Å². The average Bonchev–Trinajstić information content (AvgIpc) is 3.47. The monoisotopic (exact) mass is 551 g/mol. The number of rotatable bonds is 6. The Morgan fingerprint density at radius 3 is 2.38 bits per heavy atom. The third kappa shape index (κ3) is 6.08. The summed E-state index contributed by atoms with van der Waals surface area (Å²) in [5, 5.41) is 3.59. The Morgan fingerprint density at radius 2 is 1.74 bits per heavy atom. The summed E-state index contributed by atoms with van der Waals surface area (Å²) in [5.74, 6) is 0.366. The molecular formula is C31H38ClN3O4. The molecule has 0 radical (unpaired) electrons. The number of hydrogen-bond acceptors (Lipinski definition) is 4. The highest BCUT2D eigenvalue weighted by Crippen LogP contribution is 2.53. The molecule has 0 bridgehead atoms. The molecule has 3 amide bonds. The minimum Gasteiger partial charge on any atom is -0.444 e. The molecular weight excluding hydrogens is 514 g/mol. The molecule has 2 aromatic rings. The molecule has 1 saturated carbocycles. The molecule has 3 aliphatic rings. The van der Waals surface area contributed by atoms with E-state index < -0.39 is 17.2 Å². The van der Waals surface area contributed by atoms with E-state index in [9.17, 15) is 14.4 Å². The third-order valence-corrected chi connectivity index (χ3v) is 8.40. The van der Waals surface area contributed by atoms with Crippen LogP contribution >= 0.6 is 11.6 Å². The number of nitrogens with zero attached hydrogens (tertiary/aromatic N) is 2. The normalized spacial score (nSPS) is 23.6. The maximum atomic E-state index is 14.0. The van der Waals surface area contributed by atoms with Crippen molar-refractivity contribution in [3.63, 3.8) is 0 Å². The fraction of sp³-hybridized carbons (Fsp3) is 0.516. The lowest BCUT2D eigenvalue weighted by Crippen LogP contribution is -2.54. The van der Waals surface area contributed by atoms with Crippen LogP contribution in [0.15, 0.2) is 48.5 Å². The minimum atomic E-state index is -1.02. The van der Waals surface area contributed by atoms with Crippen LogP contribution in [0.25, 0.3) is 0 Å². The van der Waals surface area contributed by atoms with Crippen molar-refractivity contribution in [2.45, 2.75) is 82.4 Å². The predicted octanol–water partition coefficient (Wildman–Crippen LogP) is 5.62. The van der Waals surface area contributed by atoms with Crippen molar-refractivity contribution >= 4 is 29.5 Å². The third-order valence-electron chi connectivity index (χ3n) is 8.15. The van der Waals surface area contributed by atoms with E-state index in [1.54, 1.807) is 0 Å². The Labute approximate surface area is 235 Å². The van der Waals surface area contributed by atoms with E-state index in [-0.39, 0.29) is 17.7 Å². The van der Waals surface area contributed by atoms with E-state index in [4.69, 9.17) is 16.3 Å². The minimum absolute atomic E-state index is 0.0530. The lowest BCUT2D eigenvalue weighted by molar-refractivity contribution is -0.136. The van der Waals surface area contributed by atoms with Crippen molar-refractivity contribution in [3.8, 4) is 0 Å². The Morgan fingerprint density at radius 1 is 1.05 bits per heavy atom. The molecule has 2 heterocycles. The first-order valence-corrected chi connectivity index (χ1v) is 14.3. The van der Waals surface area contributed by atoms with Gasteiger partial charge in [0.2, 0.25) is 11.8 Å². The van der Waals surface area contributed by atoms with Gasteiger partial charge in [-0.25, -0.2) is 4.79 Å². The van der Waals surface area contributed by atoms with Crippen molar-refractivity contribution < 1.29 is 19.1 Å². The van der Waals surface area contributed by atoms with Gasteiger partial charge in [-0.05, 0) is 81.2 Å². The highest BCUT2D eigenvalue weighted by Gasteiger charge is 2.63. The molecule has 5 rings (SSSR count). The smallest absolute Gasteiger partial charge is 0.408 e. The number of ether oxygens (including phenoxy) is 1. The Hall–Kier alpha value is -3.06. The van der Waals surface area contributed by atoms with E-state index >= 15 is 0 Å². The van der Waals surface area contributed by atoms with Gasteiger partial charge in [0.15, 0.2) is 0 Å². The van der Waals surface area contributed by atoms with Crippen LogP contribution in [0.2, 0.25) is 5.02 Å². The lowest BCUT2D eigenvalue weighted by Gasteiger charge is -2.36. The van der Waals surface area contributed by atoms with Gasteiger partial charge in [0.1, 0.15) is 11.1 Å². The summed E-state index contributed by atoms with van der Waals surface area (Å²) in [5.41, 5.74) is 1.77. The Balaban J connectivity index is 1.29. The number of hydrogen-bond donors (Lipinski definition) is 1. The molecule has 7 nitrogen and oxygen atoms in total. The first-order valence-electron chi connectivity index (χ1n) is 14.0. The number of piperidine rings is 1. The zero-order valence-corrected chi connectivity index (χ0v) is 23.8. The largest absolute Gasteiger partial charge is 0.444 e. The first kappa shape index (κ1) is 27.5. The Bertz CT molecular complexity index is 1230. The summed E-state index contributed by atoms with van der Waals surface area (Å²) in [6.07, 6.45) is 3.19. The molecule has 0 spiro atoms. The van der Waals surface area contributed by atoms with Gasteiger partial charge in [0, 0.05) is 43.5 Å². The van der Waals surface area contributed by atoms with Crippen LogP contribution in [0.4, 0.5) is 4.79 Å². The van der Waals surface area contributed by atoms with Gasteiger partial charge in [-0.3, -0.25) is 9.59 Å². The fourth-order valence-electron chi connectivity index (χ4n) is 6.10. The number of likely N-dealkylation sites (tertiary alicyclic amines) is 2. The van der Waals surface area contributed by atoms with Crippen LogP contribution in [0.3, 0.4) is 0 Å². The van der Waals surface area contributed by atoms with Gasteiger partial charge in [-0.1, -0.05) is 48.0 Å². The van der Waals surface area contributed by atoms with E-state index in [1.165, 1.54) is 11.1 Å². The summed E-state index contributed by atoms with van der Waals surface area (Å²) in [7, 11) is 0. The fourth-order valence-corrected chi connectivity index (χ4v) is 6.23. The first-order chi connectivity index (χ1) is 18.6. The lowest BCUT2D eigenvalue weighted by atomic mass is 9.86. The van der Waals surface area contributed by atoms with E-state index in [0.717, 1.165) is 31.4 Å². The Kier molecular flexibility index (Phi) is 7.64. The summed E-state index contributed by atoms with van der Waals surface area (Å²) >= 11 is 6.09. The number of carbonyl (C=O) groups is 3. The quantitative estimate of drug-likeness (QED) is 0.505. The van der Waals surface area contributed by atoms with Crippen LogP contribution in [-0.4, -0.2) is 58.5 Å². The molecule has 1 N–H and O–H groups in total. The van der Waals surface area contributed by atoms with Gasteiger partial charge in [-0.15, -0.1) is 0 Å². The molecule has 0 aromatic heterocycles. The van der Waals surface area contributed by atoms with E-state index in [0.29, 0.717) is 43.4 Å². The standard InChI is InChI=1S/C31H38ClN3O4/c1-30(2,3)39-29(38)33-31(19-26(31)22-10-12-24(32)13-11-22)28(37)34-17-14-21(15-18-34)25-8-5-4-7-23(25)20-35-16-6-9-27(35)36/h4-5,7-8,10-13,21,26H,6,9,14-20H2,1-3H3,(H,33,38). The summed E-state index contributed by atoms with van der Waals surface area (Å²) in [6.45, 7) is 8.14. The van der Waals surface area contributed by atoms with Crippen LogP contribution in [-0.2, 0) is 20.9 Å². The molecule has 2 aromatic carbocycles. The second kappa shape index (κ2) is 10.8. The second-order valence-electron chi connectivity index (χ2n) is 12.1. The number of benzene rings is 2. The number of carbonyl (C=O) groups excluding carboxylic acids is 3. The zero-order chi connectivity index (χ0) is 27.8. The number of nitrogens with one attached hydrogen (secondary N) is 1. The van der Waals surface area contributed by atoms with Crippen molar-refractivity contribution in [1.82, 2.24) is 15.1 Å². The average molecular weight is 552 g/mol. The van der Waals surface area contributed by atoms with Crippen LogP contribution in [0.1, 0.15) is 81.4 Å². The maximum absolute atomic E-state index is 14.0. The highest BCUT2D eigenvalue weighted by atomic mass is 35.5. The number of halogens is 1. The summed E-state index contributed by atoms with van der Waals surface area (Å²) in [4.78, 5) is 42.9. The zero-order valence-electron chi connectivity index (χ0n) is 23.0. The molecule has 208 valence electrons. The van der Waals surface area contributed by atoms with Gasteiger partial charge in [0.05, 0.1) is 0 Å². The van der Waals surface area contributed by atoms with Crippen molar-refractivity contribution in [2.24, 2.45) is 0 Å². The number of alkyl carbamates (subject to hydrolysis) is 1. The molecule has 3 fully saturated rings. The summed E-state index contributed by atoms with van der Waals surface area (Å²) < 4.78 is 5.53. The van der Waals surface area contributed by atoms with Crippen molar-refractivity contribution in [3.05, 3.63) is 70.2 Å². The molecule has 8 heteroatoms. The van der Waals surface area contributed by atoms with E-state index in [1.807, 2.05) is 60.9 Å². The predicted molar refractivity (Wildman–Crippen MR) is 151 cm³/mol. The molecule has 1 aliphatic carbocycles. The van der Waals surface area contributed by atoms with Crippen LogP contribution in [0, 0.1) is 0 Å². The van der Waals surface area contributed by atoms with Gasteiger partial charge >= 0.3 is 6.09 Å².